The molecule has 14 heavy (non-hydrogen) atoms. The number of aliphatic hydroxyl groups is 1. The molecule has 1 aromatic rings. The van der Waals surface area contributed by atoms with Crippen molar-refractivity contribution in [2.75, 3.05) is 0 Å². The Balaban J connectivity index is 2.83. The van der Waals surface area contributed by atoms with Gasteiger partial charge in [-0.3, -0.25) is 15.1 Å². The van der Waals surface area contributed by atoms with E-state index in [1.54, 1.807) is 25.3 Å². The van der Waals surface area contributed by atoms with Gasteiger partial charge in [-0.25, -0.2) is 0 Å². The molecule has 0 saturated carbocycles. The molecule has 0 aromatic carbocycles. The standard InChI is InChI=1S/C9H12N2O3/c1-2-8(11(13)14)9(12)7-4-3-5-10-6-7/h3-6,8-9,12H,2H2,1H3. The Kier molecular flexibility index (Phi) is 3.53. The van der Waals surface area contributed by atoms with Crippen LogP contribution in [0.2, 0.25) is 0 Å². The predicted octanol–water partition coefficient (Wildman–Crippen LogP) is 1.17. The van der Waals surface area contributed by atoms with Gasteiger partial charge in [0.2, 0.25) is 6.04 Å². The predicted molar refractivity (Wildman–Crippen MR) is 50.3 cm³/mol. The summed E-state index contributed by atoms with van der Waals surface area (Å²) in [5.41, 5.74) is 0.482. The molecule has 76 valence electrons. The van der Waals surface area contributed by atoms with E-state index >= 15 is 0 Å². The highest BCUT2D eigenvalue weighted by atomic mass is 16.6. The highest BCUT2D eigenvalue weighted by molar-refractivity contribution is 5.12. The maximum atomic E-state index is 10.6. The summed E-state index contributed by atoms with van der Waals surface area (Å²) < 4.78 is 0. The van der Waals surface area contributed by atoms with E-state index in [-0.39, 0.29) is 0 Å². The highest BCUT2D eigenvalue weighted by Crippen LogP contribution is 2.19. The Morgan fingerprint density at radius 1 is 1.71 bits per heavy atom. The Hall–Kier alpha value is -1.49. The largest absolute Gasteiger partial charge is 0.381 e. The smallest absolute Gasteiger partial charge is 0.242 e. The fourth-order valence-electron chi connectivity index (χ4n) is 1.26. The van der Waals surface area contributed by atoms with Crippen molar-refractivity contribution in [1.29, 1.82) is 0 Å². The van der Waals surface area contributed by atoms with Crippen molar-refractivity contribution >= 4 is 0 Å². The summed E-state index contributed by atoms with van der Waals surface area (Å²) in [5, 5.41) is 20.2. The lowest BCUT2D eigenvalue weighted by Crippen LogP contribution is -2.26. The second-order valence-electron chi connectivity index (χ2n) is 2.99. The van der Waals surface area contributed by atoms with Crippen molar-refractivity contribution in [1.82, 2.24) is 4.98 Å². The van der Waals surface area contributed by atoms with Crippen LogP contribution in [0, 0.1) is 10.1 Å². The van der Waals surface area contributed by atoms with Gasteiger partial charge in [-0.15, -0.1) is 0 Å². The second-order valence-corrected chi connectivity index (χ2v) is 2.99. The lowest BCUT2D eigenvalue weighted by Gasteiger charge is -2.13. The van der Waals surface area contributed by atoms with Crippen LogP contribution in [-0.2, 0) is 0 Å². The first-order valence-electron chi connectivity index (χ1n) is 4.38. The molecule has 1 N–H and O–H groups in total. The third-order valence-electron chi connectivity index (χ3n) is 2.08. The van der Waals surface area contributed by atoms with Crippen LogP contribution in [0.1, 0.15) is 25.0 Å². The molecule has 0 radical (unpaired) electrons. The molecule has 0 bridgehead atoms. The summed E-state index contributed by atoms with van der Waals surface area (Å²) in [6.45, 7) is 1.67. The van der Waals surface area contributed by atoms with Gasteiger partial charge in [0.15, 0.2) is 0 Å². The number of nitrogens with zero attached hydrogens (tertiary/aromatic N) is 2. The van der Waals surface area contributed by atoms with E-state index in [0.717, 1.165) is 0 Å². The summed E-state index contributed by atoms with van der Waals surface area (Å²) in [5.74, 6) is 0. The van der Waals surface area contributed by atoms with Crippen molar-refractivity contribution in [2.45, 2.75) is 25.5 Å². The number of rotatable bonds is 4. The molecule has 0 aliphatic heterocycles. The van der Waals surface area contributed by atoms with E-state index in [9.17, 15) is 15.2 Å². The number of aliphatic hydroxyl groups excluding tert-OH is 1. The topological polar surface area (TPSA) is 76.3 Å². The number of hydrogen-bond acceptors (Lipinski definition) is 4. The van der Waals surface area contributed by atoms with E-state index in [1.807, 2.05) is 0 Å². The van der Waals surface area contributed by atoms with Crippen LogP contribution in [0.3, 0.4) is 0 Å². The van der Waals surface area contributed by atoms with Crippen LogP contribution in [-0.4, -0.2) is 21.1 Å². The van der Waals surface area contributed by atoms with Gasteiger partial charge in [0, 0.05) is 29.3 Å². The van der Waals surface area contributed by atoms with E-state index in [2.05, 4.69) is 4.98 Å². The van der Waals surface area contributed by atoms with Crippen LogP contribution in [0.5, 0.6) is 0 Å². The lowest BCUT2D eigenvalue weighted by atomic mass is 10.0. The Labute approximate surface area is 81.6 Å². The average Bonchev–Trinajstić information content (AvgIpc) is 2.19. The Bertz CT molecular complexity index is 302. The zero-order valence-electron chi connectivity index (χ0n) is 7.83. The first kappa shape index (κ1) is 10.6. The van der Waals surface area contributed by atoms with Gasteiger partial charge >= 0.3 is 0 Å². The van der Waals surface area contributed by atoms with Crippen LogP contribution in [0.4, 0.5) is 0 Å². The summed E-state index contributed by atoms with van der Waals surface area (Å²) in [4.78, 5) is 13.9. The average molecular weight is 196 g/mol. The zero-order chi connectivity index (χ0) is 10.6. The second kappa shape index (κ2) is 4.66. The molecule has 0 aliphatic carbocycles. The molecule has 5 nitrogen and oxygen atoms in total. The molecule has 0 aliphatic rings. The maximum Gasteiger partial charge on any atom is 0.242 e. The number of pyridine rings is 1. The first-order chi connectivity index (χ1) is 6.66. The van der Waals surface area contributed by atoms with E-state index < -0.39 is 17.1 Å². The molecule has 0 fully saturated rings. The van der Waals surface area contributed by atoms with Crippen molar-refractivity contribution in [2.24, 2.45) is 0 Å². The van der Waals surface area contributed by atoms with Crippen LogP contribution in [0.25, 0.3) is 0 Å². The quantitative estimate of drug-likeness (QED) is 0.579. The summed E-state index contributed by atoms with van der Waals surface area (Å²) in [6, 6.07) is 2.31. The molecule has 0 amide bonds. The minimum Gasteiger partial charge on any atom is -0.381 e. The molecule has 5 heteroatoms. The first-order valence-corrected chi connectivity index (χ1v) is 4.38. The monoisotopic (exact) mass is 196 g/mol. The van der Waals surface area contributed by atoms with Gasteiger partial charge in [0.05, 0.1) is 0 Å². The van der Waals surface area contributed by atoms with Gasteiger partial charge in [0.1, 0.15) is 6.10 Å². The van der Waals surface area contributed by atoms with Crippen LogP contribution >= 0.6 is 0 Å². The van der Waals surface area contributed by atoms with Crippen LogP contribution in [0.15, 0.2) is 24.5 Å². The summed E-state index contributed by atoms with van der Waals surface area (Å²) in [7, 11) is 0. The van der Waals surface area contributed by atoms with E-state index in [1.165, 1.54) is 6.20 Å². The zero-order valence-corrected chi connectivity index (χ0v) is 7.83. The highest BCUT2D eigenvalue weighted by Gasteiger charge is 2.28. The van der Waals surface area contributed by atoms with Crippen LogP contribution < -0.4 is 0 Å². The van der Waals surface area contributed by atoms with E-state index in [0.29, 0.717) is 12.0 Å². The van der Waals surface area contributed by atoms with Gasteiger partial charge in [-0.1, -0.05) is 13.0 Å². The van der Waals surface area contributed by atoms with Crippen molar-refractivity contribution in [3.8, 4) is 0 Å². The number of hydrogen-bond donors (Lipinski definition) is 1. The molecule has 0 saturated heterocycles. The normalized spacial score (nSPS) is 14.7. The number of aromatic nitrogens is 1. The molecule has 1 rings (SSSR count). The fraction of sp³-hybridized carbons (Fsp3) is 0.444. The number of nitro groups is 1. The van der Waals surface area contributed by atoms with Gasteiger partial charge in [-0.05, 0) is 6.07 Å². The summed E-state index contributed by atoms with van der Waals surface area (Å²) >= 11 is 0. The molecular weight excluding hydrogens is 184 g/mol. The molecule has 2 unspecified atom stereocenters. The summed E-state index contributed by atoms with van der Waals surface area (Å²) in [6.07, 6.45) is 2.21. The molecule has 2 atom stereocenters. The minimum absolute atomic E-state index is 0.295. The van der Waals surface area contributed by atoms with Gasteiger partial charge in [-0.2, -0.15) is 0 Å². The SMILES string of the molecule is CCC(C(O)c1cccnc1)[N+](=O)[O-]. The van der Waals surface area contributed by atoms with Gasteiger partial charge < -0.3 is 5.11 Å². The van der Waals surface area contributed by atoms with Crippen molar-refractivity contribution in [3.05, 3.63) is 40.2 Å². The molecule has 1 heterocycles. The molecule has 1 aromatic heterocycles. The fourth-order valence-corrected chi connectivity index (χ4v) is 1.26. The Morgan fingerprint density at radius 2 is 2.43 bits per heavy atom. The molecular formula is C9H12N2O3. The van der Waals surface area contributed by atoms with Gasteiger partial charge in [0.25, 0.3) is 0 Å². The maximum absolute atomic E-state index is 10.6. The Morgan fingerprint density at radius 3 is 2.86 bits per heavy atom. The van der Waals surface area contributed by atoms with Crippen molar-refractivity contribution in [3.63, 3.8) is 0 Å². The third kappa shape index (κ3) is 2.26. The van der Waals surface area contributed by atoms with E-state index in [4.69, 9.17) is 0 Å². The van der Waals surface area contributed by atoms with Crippen molar-refractivity contribution < 1.29 is 10.0 Å². The molecule has 0 spiro atoms. The minimum atomic E-state index is -1.08. The lowest BCUT2D eigenvalue weighted by molar-refractivity contribution is -0.536. The third-order valence-corrected chi connectivity index (χ3v) is 2.08.